The molecule has 1 aromatic rings. The molecule has 82 valence electrons. The summed E-state index contributed by atoms with van der Waals surface area (Å²) in [7, 11) is 0.205. The maximum Gasteiger partial charge on any atom is 0.220 e. The van der Waals surface area contributed by atoms with Crippen molar-refractivity contribution in [1.82, 2.24) is 5.32 Å². The van der Waals surface area contributed by atoms with Crippen LogP contribution in [0.2, 0.25) is 0 Å². The summed E-state index contributed by atoms with van der Waals surface area (Å²) in [5.41, 5.74) is 0. The van der Waals surface area contributed by atoms with E-state index >= 15 is 0 Å². The first-order valence-corrected chi connectivity index (χ1v) is 5.80. The molecule has 3 nitrogen and oxygen atoms in total. The van der Waals surface area contributed by atoms with Gasteiger partial charge in [0.05, 0.1) is 10.8 Å². The van der Waals surface area contributed by atoms with Crippen LogP contribution in [0.15, 0.2) is 29.2 Å². The van der Waals surface area contributed by atoms with E-state index in [0.717, 1.165) is 0 Å². The van der Waals surface area contributed by atoms with Crippen molar-refractivity contribution in [2.45, 2.75) is 11.3 Å². The van der Waals surface area contributed by atoms with Gasteiger partial charge in [-0.2, -0.15) is 0 Å². The third-order valence-electron chi connectivity index (χ3n) is 1.85. The van der Waals surface area contributed by atoms with Gasteiger partial charge in [-0.15, -0.1) is 0 Å². The van der Waals surface area contributed by atoms with Gasteiger partial charge in [0, 0.05) is 24.1 Å². The van der Waals surface area contributed by atoms with Gasteiger partial charge in [0.1, 0.15) is 5.82 Å². The molecule has 0 bridgehead atoms. The maximum absolute atomic E-state index is 12.8. The number of nitrogens with one attached hydrogen (secondary N) is 1. The number of rotatable bonds is 4. The molecule has 0 aromatic heterocycles. The zero-order valence-corrected chi connectivity index (χ0v) is 9.14. The van der Waals surface area contributed by atoms with Crippen LogP contribution < -0.4 is 5.32 Å². The number of hydrogen-bond acceptors (Lipinski definition) is 2. The SMILES string of the molecule is CNC(=O)CCS(=O)c1cccc(F)c1. The van der Waals surface area contributed by atoms with Crippen LogP contribution in [0.3, 0.4) is 0 Å². The van der Waals surface area contributed by atoms with Crippen LogP contribution in [0.4, 0.5) is 4.39 Å². The van der Waals surface area contributed by atoms with Gasteiger partial charge in [-0.1, -0.05) is 6.07 Å². The molecule has 1 atom stereocenters. The second-order valence-electron chi connectivity index (χ2n) is 2.93. The first kappa shape index (κ1) is 11.8. The minimum atomic E-state index is -1.32. The minimum absolute atomic E-state index is 0.167. The Morgan fingerprint density at radius 1 is 1.53 bits per heavy atom. The number of carbonyl (C=O) groups excluding carboxylic acids is 1. The average Bonchev–Trinajstić information content (AvgIpc) is 2.25. The Labute approximate surface area is 90.1 Å². The molecular weight excluding hydrogens is 217 g/mol. The summed E-state index contributed by atoms with van der Waals surface area (Å²) in [6.45, 7) is 0. The van der Waals surface area contributed by atoms with Crippen molar-refractivity contribution in [3.05, 3.63) is 30.1 Å². The highest BCUT2D eigenvalue weighted by Gasteiger charge is 2.07. The van der Waals surface area contributed by atoms with Gasteiger partial charge in [0.15, 0.2) is 0 Å². The standard InChI is InChI=1S/C10H12FNO2S/c1-12-10(13)5-6-15(14)9-4-2-3-8(11)7-9/h2-4,7H,5-6H2,1H3,(H,12,13). The van der Waals surface area contributed by atoms with Gasteiger partial charge in [-0.05, 0) is 18.2 Å². The van der Waals surface area contributed by atoms with E-state index in [0.29, 0.717) is 4.90 Å². The lowest BCUT2D eigenvalue weighted by Gasteiger charge is -2.01. The van der Waals surface area contributed by atoms with Crippen molar-refractivity contribution in [3.8, 4) is 0 Å². The predicted octanol–water partition coefficient (Wildman–Crippen LogP) is 1.07. The molecule has 0 spiro atoms. The molecule has 1 unspecified atom stereocenters. The van der Waals surface area contributed by atoms with E-state index < -0.39 is 16.6 Å². The zero-order chi connectivity index (χ0) is 11.3. The molecule has 0 aliphatic heterocycles. The van der Waals surface area contributed by atoms with Gasteiger partial charge >= 0.3 is 0 Å². The van der Waals surface area contributed by atoms with Gasteiger partial charge < -0.3 is 5.32 Å². The number of carbonyl (C=O) groups is 1. The molecule has 0 saturated heterocycles. The topological polar surface area (TPSA) is 46.2 Å². The monoisotopic (exact) mass is 229 g/mol. The summed E-state index contributed by atoms with van der Waals surface area (Å²) < 4.78 is 24.4. The Morgan fingerprint density at radius 3 is 2.87 bits per heavy atom. The lowest BCUT2D eigenvalue weighted by Crippen LogP contribution is -2.19. The number of amides is 1. The van der Waals surface area contributed by atoms with E-state index in [1.807, 2.05) is 0 Å². The van der Waals surface area contributed by atoms with E-state index in [2.05, 4.69) is 5.32 Å². The molecule has 5 heteroatoms. The summed E-state index contributed by atoms with van der Waals surface area (Å²) in [5.74, 6) is -0.371. The summed E-state index contributed by atoms with van der Waals surface area (Å²) in [6.07, 6.45) is 0.180. The molecule has 15 heavy (non-hydrogen) atoms. The van der Waals surface area contributed by atoms with Crippen LogP contribution in [-0.2, 0) is 15.6 Å². The van der Waals surface area contributed by atoms with Crippen molar-refractivity contribution in [3.63, 3.8) is 0 Å². The van der Waals surface area contributed by atoms with Crippen molar-refractivity contribution < 1.29 is 13.4 Å². The van der Waals surface area contributed by atoms with Gasteiger partial charge in [-0.25, -0.2) is 4.39 Å². The molecule has 1 aromatic carbocycles. The Hall–Kier alpha value is -1.23. The van der Waals surface area contributed by atoms with Gasteiger partial charge in [0.2, 0.25) is 5.91 Å². The smallest absolute Gasteiger partial charge is 0.220 e. The summed E-state index contributed by atoms with van der Waals surface area (Å²) >= 11 is 0. The number of hydrogen-bond donors (Lipinski definition) is 1. The molecule has 0 aliphatic rings. The Kier molecular flexibility index (Phi) is 4.42. The molecule has 1 N–H and O–H groups in total. The molecule has 0 fully saturated rings. The fraction of sp³-hybridized carbons (Fsp3) is 0.300. The lowest BCUT2D eigenvalue weighted by molar-refractivity contribution is -0.120. The first-order valence-electron chi connectivity index (χ1n) is 4.48. The number of benzene rings is 1. The van der Waals surface area contributed by atoms with Crippen molar-refractivity contribution in [2.75, 3.05) is 12.8 Å². The first-order chi connectivity index (χ1) is 7.13. The summed E-state index contributed by atoms with van der Waals surface area (Å²) in [4.78, 5) is 11.3. The van der Waals surface area contributed by atoms with Gasteiger partial charge in [-0.3, -0.25) is 9.00 Å². The summed E-state index contributed by atoms with van der Waals surface area (Å²) in [5, 5.41) is 2.44. The van der Waals surface area contributed by atoms with Crippen LogP contribution >= 0.6 is 0 Å². The molecule has 0 aliphatic carbocycles. The third-order valence-corrected chi connectivity index (χ3v) is 3.21. The van der Waals surface area contributed by atoms with Crippen LogP contribution in [0.1, 0.15) is 6.42 Å². The predicted molar refractivity (Wildman–Crippen MR) is 56.4 cm³/mol. The van der Waals surface area contributed by atoms with E-state index in [-0.39, 0.29) is 18.1 Å². The normalized spacial score (nSPS) is 12.1. The second-order valence-corrected chi connectivity index (χ2v) is 4.50. The van der Waals surface area contributed by atoms with Crippen molar-refractivity contribution >= 4 is 16.7 Å². The quantitative estimate of drug-likeness (QED) is 0.839. The zero-order valence-electron chi connectivity index (χ0n) is 8.33. The molecule has 0 radical (unpaired) electrons. The molecule has 0 saturated carbocycles. The van der Waals surface area contributed by atoms with E-state index in [4.69, 9.17) is 0 Å². The molecule has 1 rings (SSSR count). The fourth-order valence-electron chi connectivity index (χ4n) is 1.04. The lowest BCUT2D eigenvalue weighted by atomic mass is 10.4. The maximum atomic E-state index is 12.8. The van der Waals surface area contributed by atoms with Gasteiger partial charge in [0.25, 0.3) is 0 Å². The Balaban J connectivity index is 2.58. The van der Waals surface area contributed by atoms with Crippen LogP contribution in [0, 0.1) is 5.82 Å². The molecule has 1 amide bonds. The van der Waals surface area contributed by atoms with Crippen LogP contribution in [0.5, 0.6) is 0 Å². The Bertz CT molecular complexity index is 381. The van der Waals surface area contributed by atoms with E-state index in [9.17, 15) is 13.4 Å². The molecular formula is C10H12FNO2S. The summed E-state index contributed by atoms with van der Waals surface area (Å²) in [6, 6.07) is 5.60. The van der Waals surface area contributed by atoms with Crippen molar-refractivity contribution in [1.29, 1.82) is 0 Å². The second kappa shape index (κ2) is 5.60. The highest BCUT2D eigenvalue weighted by atomic mass is 32.2. The van der Waals surface area contributed by atoms with E-state index in [1.54, 1.807) is 6.07 Å². The van der Waals surface area contributed by atoms with Crippen LogP contribution in [-0.4, -0.2) is 22.9 Å². The average molecular weight is 229 g/mol. The number of halogens is 1. The van der Waals surface area contributed by atoms with Crippen LogP contribution in [0.25, 0.3) is 0 Å². The van der Waals surface area contributed by atoms with Crippen molar-refractivity contribution in [2.24, 2.45) is 0 Å². The highest BCUT2D eigenvalue weighted by Crippen LogP contribution is 2.09. The van der Waals surface area contributed by atoms with E-state index in [1.165, 1.54) is 25.2 Å². The minimum Gasteiger partial charge on any atom is -0.359 e. The third kappa shape index (κ3) is 3.79. The largest absolute Gasteiger partial charge is 0.359 e. The molecule has 0 heterocycles. The fourth-order valence-corrected chi connectivity index (χ4v) is 2.12. The highest BCUT2D eigenvalue weighted by molar-refractivity contribution is 7.85. The Morgan fingerprint density at radius 2 is 2.27 bits per heavy atom.